The van der Waals surface area contributed by atoms with Crippen LogP contribution in [0.1, 0.15) is 12.5 Å². The van der Waals surface area contributed by atoms with Crippen LogP contribution in [-0.4, -0.2) is 17.0 Å². The quantitative estimate of drug-likeness (QED) is 0.750. The Labute approximate surface area is 80.2 Å². The highest BCUT2D eigenvalue weighted by molar-refractivity contribution is 5.62. The lowest BCUT2D eigenvalue weighted by Crippen LogP contribution is -2.29. The minimum Gasteiger partial charge on any atom is -0.382 e. The van der Waals surface area contributed by atoms with E-state index in [1.807, 2.05) is 0 Å². The summed E-state index contributed by atoms with van der Waals surface area (Å²) < 4.78 is 25.8. The predicted octanol–water partition coefficient (Wildman–Crippen LogP) is 1.46. The number of halogens is 2. The second-order valence-corrected chi connectivity index (χ2v) is 3.36. The molecule has 1 rings (SSSR count). The van der Waals surface area contributed by atoms with Crippen LogP contribution in [0.15, 0.2) is 18.2 Å². The molecule has 2 nitrogen and oxygen atoms in total. The zero-order valence-corrected chi connectivity index (χ0v) is 7.63. The Kier molecular flexibility index (Phi) is 2.96. The summed E-state index contributed by atoms with van der Waals surface area (Å²) in [6, 6.07) is 3.64. The Balaban J connectivity index is 2.98. The summed E-state index contributed by atoms with van der Waals surface area (Å²) >= 11 is 0. The third kappa shape index (κ3) is 2.35. The molecule has 0 aliphatic rings. The lowest BCUT2D eigenvalue weighted by atomic mass is 9.98. The summed E-state index contributed by atoms with van der Waals surface area (Å²) in [7, 11) is 0. The Morgan fingerprint density at radius 2 is 2.14 bits per heavy atom. The van der Waals surface area contributed by atoms with Crippen LogP contribution in [0.5, 0.6) is 0 Å². The van der Waals surface area contributed by atoms with Crippen LogP contribution in [0.3, 0.4) is 0 Å². The molecule has 0 aromatic heterocycles. The molecule has 0 saturated carbocycles. The summed E-state index contributed by atoms with van der Waals surface area (Å²) in [5.41, 5.74) is -1.67. The minimum atomic E-state index is -1.66. The average molecular weight is 200 g/mol. The van der Waals surface area contributed by atoms with Gasteiger partial charge in [-0.05, 0) is 18.6 Å². The molecule has 0 saturated heterocycles. The van der Waals surface area contributed by atoms with E-state index in [1.54, 1.807) is 0 Å². The first-order chi connectivity index (χ1) is 6.46. The van der Waals surface area contributed by atoms with E-state index in [1.165, 1.54) is 19.1 Å². The highest BCUT2D eigenvalue weighted by atomic mass is 19.2. The van der Waals surface area contributed by atoms with Gasteiger partial charge in [-0.15, -0.1) is 0 Å². The van der Waals surface area contributed by atoms with Crippen LogP contribution < -0.4 is 0 Å². The highest BCUT2D eigenvalue weighted by Crippen LogP contribution is 2.16. The van der Waals surface area contributed by atoms with Crippen LogP contribution in [0, 0.1) is 11.6 Å². The van der Waals surface area contributed by atoms with Crippen LogP contribution in [0.2, 0.25) is 0 Å². The fraction of sp³-hybridized carbons (Fsp3) is 0.300. The topological polar surface area (TPSA) is 37.3 Å². The monoisotopic (exact) mass is 200 g/mol. The van der Waals surface area contributed by atoms with E-state index in [0.717, 1.165) is 6.07 Å². The van der Waals surface area contributed by atoms with Crippen LogP contribution in [0.4, 0.5) is 8.78 Å². The van der Waals surface area contributed by atoms with E-state index >= 15 is 0 Å². The number of aliphatic hydroxyl groups is 1. The molecule has 14 heavy (non-hydrogen) atoms. The molecule has 0 spiro atoms. The molecular formula is C10H10F2O2. The van der Waals surface area contributed by atoms with E-state index < -0.39 is 17.2 Å². The van der Waals surface area contributed by atoms with Gasteiger partial charge in [0.05, 0.1) is 0 Å². The summed E-state index contributed by atoms with van der Waals surface area (Å²) in [4.78, 5) is 10.4. The first-order valence-corrected chi connectivity index (χ1v) is 4.08. The fourth-order valence-electron chi connectivity index (χ4n) is 1.11. The van der Waals surface area contributed by atoms with Gasteiger partial charge in [0.25, 0.3) is 0 Å². The molecular weight excluding hydrogens is 190 g/mol. The van der Waals surface area contributed by atoms with Crippen molar-refractivity contribution in [2.24, 2.45) is 0 Å². The third-order valence-corrected chi connectivity index (χ3v) is 1.83. The molecule has 0 bridgehead atoms. The van der Waals surface area contributed by atoms with E-state index in [9.17, 15) is 18.7 Å². The first-order valence-electron chi connectivity index (χ1n) is 4.08. The maximum atomic E-state index is 13.1. The Bertz CT molecular complexity index is 348. The number of rotatable bonds is 3. The zero-order valence-electron chi connectivity index (χ0n) is 7.63. The number of carbonyl (C=O) groups excluding carboxylic acids is 1. The zero-order chi connectivity index (χ0) is 10.8. The largest absolute Gasteiger partial charge is 0.382 e. The van der Waals surface area contributed by atoms with Gasteiger partial charge in [0.1, 0.15) is 5.60 Å². The van der Waals surface area contributed by atoms with Crippen molar-refractivity contribution >= 4 is 6.29 Å². The molecule has 1 N–H and O–H groups in total. The minimum absolute atomic E-state index is 0.0119. The number of hydrogen-bond acceptors (Lipinski definition) is 2. The fourth-order valence-corrected chi connectivity index (χ4v) is 1.11. The average Bonchev–Trinajstić information content (AvgIpc) is 2.13. The van der Waals surface area contributed by atoms with Crippen LogP contribution in [-0.2, 0) is 11.2 Å². The van der Waals surface area contributed by atoms with E-state index in [0.29, 0.717) is 6.29 Å². The van der Waals surface area contributed by atoms with Crippen molar-refractivity contribution in [1.29, 1.82) is 0 Å². The van der Waals surface area contributed by atoms with E-state index in [-0.39, 0.29) is 12.0 Å². The summed E-state index contributed by atoms with van der Waals surface area (Å²) in [5, 5.41) is 9.33. The molecule has 1 aromatic rings. The summed E-state index contributed by atoms with van der Waals surface area (Å²) in [6.07, 6.45) is 0.0669. The number of hydrogen-bond donors (Lipinski definition) is 1. The summed E-state index contributed by atoms with van der Waals surface area (Å²) in [6.45, 7) is 1.24. The Hall–Kier alpha value is -1.29. The molecule has 0 aliphatic heterocycles. The van der Waals surface area contributed by atoms with Gasteiger partial charge in [-0.2, -0.15) is 0 Å². The Morgan fingerprint density at radius 3 is 2.71 bits per heavy atom. The van der Waals surface area contributed by atoms with Crippen molar-refractivity contribution < 1.29 is 18.7 Å². The molecule has 4 heteroatoms. The molecule has 1 unspecified atom stereocenters. The number of benzene rings is 1. The normalized spacial score (nSPS) is 14.9. The van der Waals surface area contributed by atoms with Crippen molar-refractivity contribution in [2.45, 2.75) is 18.9 Å². The molecule has 0 amide bonds. The second kappa shape index (κ2) is 3.84. The van der Waals surface area contributed by atoms with Gasteiger partial charge in [0.2, 0.25) is 0 Å². The molecule has 0 fully saturated rings. The van der Waals surface area contributed by atoms with Crippen molar-refractivity contribution in [3.05, 3.63) is 35.4 Å². The number of aldehydes is 1. The van der Waals surface area contributed by atoms with E-state index in [2.05, 4.69) is 0 Å². The smallest absolute Gasteiger partial charge is 0.162 e. The van der Waals surface area contributed by atoms with Gasteiger partial charge < -0.3 is 9.90 Å². The molecule has 0 heterocycles. The van der Waals surface area contributed by atoms with Crippen molar-refractivity contribution in [2.75, 3.05) is 0 Å². The number of carbonyl (C=O) groups is 1. The van der Waals surface area contributed by atoms with E-state index in [4.69, 9.17) is 0 Å². The van der Waals surface area contributed by atoms with Gasteiger partial charge >= 0.3 is 0 Å². The van der Waals surface area contributed by atoms with Crippen LogP contribution >= 0.6 is 0 Å². The predicted molar refractivity (Wildman–Crippen MR) is 46.7 cm³/mol. The highest BCUT2D eigenvalue weighted by Gasteiger charge is 2.22. The maximum Gasteiger partial charge on any atom is 0.162 e. The van der Waals surface area contributed by atoms with Gasteiger partial charge in [-0.25, -0.2) is 8.78 Å². The lowest BCUT2D eigenvalue weighted by molar-refractivity contribution is -0.122. The lowest BCUT2D eigenvalue weighted by Gasteiger charge is -2.15. The molecule has 1 aromatic carbocycles. The van der Waals surface area contributed by atoms with Gasteiger partial charge in [0.15, 0.2) is 17.9 Å². The Morgan fingerprint density at radius 1 is 1.50 bits per heavy atom. The molecule has 1 atom stereocenters. The SMILES string of the molecule is CC(O)(C=O)Cc1cccc(F)c1F. The first kappa shape index (κ1) is 10.8. The van der Waals surface area contributed by atoms with Gasteiger partial charge in [0, 0.05) is 6.42 Å². The van der Waals surface area contributed by atoms with Gasteiger partial charge in [-0.1, -0.05) is 12.1 Å². The van der Waals surface area contributed by atoms with Gasteiger partial charge in [-0.3, -0.25) is 0 Å². The third-order valence-electron chi connectivity index (χ3n) is 1.83. The van der Waals surface area contributed by atoms with Crippen molar-refractivity contribution in [3.63, 3.8) is 0 Å². The molecule has 76 valence electrons. The van der Waals surface area contributed by atoms with Crippen molar-refractivity contribution in [1.82, 2.24) is 0 Å². The maximum absolute atomic E-state index is 13.1. The van der Waals surface area contributed by atoms with Crippen LogP contribution in [0.25, 0.3) is 0 Å². The second-order valence-electron chi connectivity index (χ2n) is 3.36. The summed E-state index contributed by atoms with van der Waals surface area (Å²) in [5.74, 6) is -2.00. The molecule has 0 radical (unpaired) electrons. The standard InChI is InChI=1S/C10H10F2O2/c1-10(14,6-13)5-7-3-2-4-8(11)9(7)12/h2-4,6,14H,5H2,1H3. The molecule has 0 aliphatic carbocycles. The van der Waals surface area contributed by atoms with Crippen molar-refractivity contribution in [3.8, 4) is 0 Å².